The molecule has 1 saturated carbocycles. The van der Waals surface area contributed by atoms with Gasteiger partial charge in [0.2, 0.25) is 5.95 Å². The highest BCUT2D eigenvalue weighted by Gasteiger charge is 2.23. The van der Waals surface area contributed by atoms with Crippen LogP contribution in [0.3, 0.4) is 0 Å². The molecule has 1 aliphatic rings. The predicted octanol–water partition coefficient (Wildman–Crippen LogP) is 5.36. The van der Waals surface area contributed by atoms with Gasteiger partial charge in [-0.1, -0.05) is 43.0 Å². The Kier molecular flexibility index (Phi) is 5.00. The summed E-state index contributed by atoms with van der Waals surface area (Å²) in [6.07, 6.45) is 5.61. The second kappa shape index (κ2) is 7.59. The fourth-order valence-corrected chi connectivity index (χ4v) is 4.07. The molecule has 3 aromatic rings. The molecule has 0 saturated heterocycles. The number of aromatic nitrogens is 2. The van der Waals surface area contributed by atoms with Gasteiger partial charge in [0, 0.05) is 18.2 Å². The van der Waals surface area contributed by atoms with Crippen LogP contribution in [0, 0.1) is 10.1 Å². The zero-order chi connectivity index (χ0) is 19.7. The van der Waals surface area contributed by atoms with Gasteiger partial charge in [0.1, 0.15) is 0 Å². The number of benzene rings is 2. The molecule has 0 spiro atoms. The van der Waals surface area contributed by atoms with Crippen molar-refractivity contribution in [1.29, 1.82) is 0 Å². The van der Waals surface area contributed by atoms with Gasteiger partial charge >= 0.3 is 0 Å². The van der Waals surface area contributed by atoms with E-state index in [1.165, 1.54) is 24.6 Å². The highest BCUT2D eigenvalue weighted by Crippen LogP contribution is 2.34. The van der Waals surface area contributed by atoms with Crippen LogP contribution in [0.5, 0.6) is 0 Å². The third-order valence-electron chi connectivity index (χ3n) is 5.17. The Morgan fingerprint density at radius 1 is 1.18 bits per heavy atom. The van der Waals surface area contributed by atoms with E-state index in [4.69, 9.17) is 11.6 Å². The van der Waals surface area contributed by atoms with Gasteiger partial charge in [-0.15, -0.1) is 0 Å². The predicted molar refractivity (Wildman–Crippen MR) is 108 cm³/mol. The lowest BCUT2D eigenvalue weighted by atomic mass is 9.95. The second-order valence-corrected chi connectivity index (χ2v) is 7.37. The number of nitro benzene ring substituents is 1. The lowest BCUT2D eigenvalue weighted by molar-refractivity contribution is -0.384. The Morgan fingerprint density at radius 2 is 1.93 bits per heavy atom. The third kappa shape index (κ3) is 3.45. The van der Waals surface area contributed by atoms with Crippen molar-refractivity contribution in [2.45, 2.75) is 38.1 Å². The number of rotatable bonds is 4. The summed E-state index contributed by atoms with van der Waals surface area (Å²) in [5.74, 6) is 0.0415. The average molecular weight is 399 g/mol. The number of amides is 1. The zero-order valence-electron chi connectivity index (χ0n) is 15.1. The number of imidazole rings is 1. The van der Waals surface area contributed by atoms with Gasteiger partial charge in [-0.3, -0.25) is 20.2 Å². The molecule has 8 heteroatoms. The number of hydrogen-bond acceptors (Lipinski definition) is 4. The van der Waals surface area contributed by atoms with Gasteiger partial charge < -0.3 is 4.57 Å². The van der Waals surface area contributed by atoms with Crippen molar-refractivity contribution in [3.05, 3.63) is 63.2 Å². The summed E-state index contributed by atoms with van der Waals surface area (Å²) in [7, 11) is 0. The fraction of sp³-hybridized carbons (Fsp3) is 0.300. The number of carbonyl (C=O) groups excluding carboxylic acids is 1. The summed E-state index contributed by atoms with van der Waals surface area (Å²) in [6.45, 7) is 0. The van der Waals surface area contributed by atoms with Crippen LogP contribution in [0.25, 0.3) is 11.0 Å². The molecule has 1 amide bonds. The van der Waals surface area contributed by atoms with E-state index in [0.29, 0.717) is 5.95 Å². The Morgan fingerprint density at radius 3 is 2.64 bits per heavy atom. The molecule has 1 N–H and O–H groups in total. The van der Waals surface area contributed by atoms with Crippen molar-refractivity contribution < 1.29 is 9.72 Å². The lowest BCUT2D eigenvalue weighted by Gasteiger charge is -2.25. The summed E-state index contributed by atoms with van der Waals surface area (Å²) in [5.41, 5.74) is 1.82. The minimum Gasteiger partial charge on any atom is -0.307 e. The average Bonchev–Trinajstić information content (AvgIpc) is 3.06. The molecule has 144 valence electrons. The number of nitro groups is 1. The molecular weight excluding hydrogens is 380 g/mol. The Bertz CT molecular complexity index is 1060. The van der Waals surface area contributed by atoms with Crippen molar-refractivity contribution in [3.63, 3.8) is 0 Å². The van der Waals surface area contributed by atoms with Crippen molar-refractivity contribution in [1.82, 2.24) is 9.55 Å². The molecular formula is C20H19ClN4O3. The maximum absolute atomic E-state index is 12.8. The van der Waals surface area contributed by atoms with Crippen molar-refractivity contribution >= 4 is 40.2 Å². The van der Waals surface area contributed by atoms with Crippen molar-refractivity contribution in [3.8, 4) is 0 Å². The van der Waals surface area contributed by atoms with Crippen LogP contribution in [0.15, 0.2) is 42.5 Å². The molecule has 1 aromatic heterocycles. The lowest BCUT2D eigenvalue weighted by Crippen LogP contribution is -2.20. The van der Waals surface area contributed by atoms with Crippen LogP contribution in [0.4, 0.5) is 11.6 Å². The molecule has 1 fully saturated rings. The first-order chi connectivity index (χ1) is 13.5. The first-order valence-electron chi connectivity index (χ1n) is 9.27. The summed E-state index contributed by atoms with van der Waals surface area (Å²) >= 11 is 6.11. The number of nitrogens with zero attached hydrogens (tertiary/aromatic N) is 3. The van der Waals surface area contributed by atoms with Crippen molar-refractivity contribution in [2.75, 3.05) is 5.32 Å². The van der Waals surface area contributed by atoms with Gasteiger partial charge in [-0.2, -0.15) is 0 Å². The van der Waals surface area contributed by atoms with Gasteiger partial charge in [0.15, 0.2) is 0 Å². The number of halogens is 1. The second-order valence-electron chi connectivity index (χ2n) is 6.96. The maximum atomic E-state index is 12.8. The molecule has 7 nitrogen and oxygen atoms in total. The molecule has 1 heterocycles. The number of carbonyl (C=O) groups is 1. The monoisotopic (exact) mass is 398 g/mol. The van der Waals surface area contributed by atoms with Gasteiger partial charge in [0.05, 0.1) is 26.5 Å². The molecule has 0 aliphatic heterocycles. The van der Waals surface area contributed by atoms with E-state index in [-0.39, 0.29) is 22.3 Å². The zero-order valence-corrected chi connectivity index (χ0v) is 15.9. The van der Waals surface area contributed by atoms with E-state index in [1.807, 2.05) is 24.3 Å². The van der Waals surface area contributed by atoms with E-state index in [9.17, 15) is 14.9 Å². The molecule has 28 heavy (non-hydrogen) atoms. The topological polar surface area (TPSA) is 90.1 Å². The normalized spacial score (nSPS) is 14.9. The Labute approximate surface area is 166 Å². The van der Waals surface area contributed by atoms with E-state index < -0.39 is 10.8 Å². The number of non-ortho nitro benzene ring substituents is 1. The molecule has 0 atom stereocenters. The summed E-state index contributed by atoms with van der Waals surface area (Å²) in [4.78, 5) is 27.7. The van der Waals surface area contributed by atoms with Gasteiger partial charge in [-0.25, -0.2) is 4.98 Å². The minimum absolute atomic E-state index is 0.0343. The van der Waals surface area contributed by atoms with Crippen LogP contribution < -0.4 is 5.32 Å². The highest BCUT2D eigenvalue weighted by atomic mass is 35.5. The van der Waals surface area contributed by atoms with Crippen LogP contribution in [0.1, 0.15) is 48.5 Å². The van der Waals surface area contributed by atoms with Crippen molar-refractivity contribution in [2.24, 2.45) is 0 Å². The SMILES string of the molecule is O=C(Nc1nc2ccccc2n1C1CCCCC1)c1ccc([N+](=O)[O-])cc1Cl. The number of fused-ring (bicyclic) bond motifs is 1. The molecule has 0 radical (unpaired) electrons. The maximum Gasteiger partial charge on any atom is 0.270 e. The van der Waals surface area contributed by atoms with Crippen LogP contribution in [0.2, 0.25) is 5.02 Å². The third-order valence-corrected chi connectivity index (χ3v) is 5.48. The number of hydrogen-bond donors (Lipinski definition) is 1. The smallest absolute Gasteiger partial charge is 0.270 e. The van der Waals surface area contributed by atoms with E-state index in [2.05, 4.69) is 14.9 Å². The standard InChI is InChI=1S/C20H19ClN4O3/c21-16-12-14(25(27)28)10-11-15(16)19(26)23-20-22-17-8-4-5-9-18(17)24(20)13-6-2-1-3-7-13/h4-5,8-13H,1-3,6-7H2,(H,22,23,26). The molecule has 2 aromatic carbocycles. The molecule has 1 aliphatic carbocycles. The highest BCUT2D eigenvalue weighted by molar-refractivity contribution is 6.34. The summed E-state index contributed by atoms with van der Waals surface area (Å²) in [5, 5.41) is 13.8. The fourth-order valence-electron chi connectivity index (χ4n) is 3.81. The van der Waals surface area contributed by atoms with Crippen LogP contribution >= 0.6 is 11.6 Å². The van der Waals surface area contributed by atoms with Gasteiger partial charge in [0.25, 0.3) is 11.6 Å². The van der Waals surface area contributed by atoms with E-state index >= 15 is 0 Å². The Balaban J connectivity index is 1.69. The van der Waals surface area contributed by atoms with E-state index in [0.717, 1.165) is 36.7 Å². The van der Waals surface area contributed by atoms with Gasteiger partial charge in [-0.05, 0) is 31.0 Å². The number of nitrogens with one attached hydrogen (secondary N) is 1. The largest absolute Gasteiger partial charge is 0.307 e. The van der Waals surface area contributed by atoms with Crippen LogP contribution in [-0.4, -0.2) is 20.4 Å². The minimum atomic E-state index is -0.546. The molecule has 0 unspecified atom stereocenters. The van der Waals surface area contributed by atoms with E-state index in [1.54, 1.807) is 0 Å². The molecule has 4 rings (SSSR count). The summed E-state index contributed by atoms with van der Waals surface area (Å²) in [6, 6.07) is 11.9. The van der Waals surface area contributed by atoms with Crippen LogP contribution in [-0.2, 0) is 0 Å². The Hall–Kier alpha value is -2.93. The number of para-hydroxylation sites is 2. The quantitative estimate of drug-likeness (QED) is 0.473. The number of anilines is 1. The first-order valence-corrected chi connectivity index (χ1v) is 9.64. The molecule has 0 bridgehead atoms. The first kappa shape index (κ1) is 18.4. The summed E-state index contributed by atoms with van der Waals surface area (Å²) < 4.78 is 2.10.